The van der Waals surface area contributed by atoms with Crippen molar-refractivity contribution in [1.82, 2.24) is 25.7 Å². The van der Waals surface area contributed by atoms with Crippen LogP contribution in [0.3, 0.4) is 0 Å². The fourth-order valence-electron chi connectivity index (χ4n) is 2.52. The Labute approximate surface area is 140 Å². The first-order valence-electron chi connectivity index (χ1n) is 7.26. The second-order valence-electron chi connectivity index (χ2n) is 5.32. The average molecular weight is 338 g/mol. The Balaban J connectivity index is 0.00000192. The Bertz CT molecular complexity index is 675. The summed E-state index contributed by atoms with van der Waals surface area (Å²) in [6.07, 6.45) is 0. The van der Waals surface area contributed by atoms with Crippen LogP contribution in [0.5, 0.6) is 0 Å². The van der Waals surface area contributed by atoms with Gasteiger partial charge in [-0.15, -0.1) is 12.4 Å². The number of carbonyl (C=O) groups is 1. The van der Waals surface area contributed by atoms with E-state index in [2.05, 4.69) is 25.7 Å². The smallest absolute Gasteiger partial charge is 0.258 e. The molecular weight excluding hydrogens is 318 g/mol. The first-order valence-corrected chi connectivity index (χ1v) is 7.26. The SMILES string of the molecule is CNC(=O)c1cccc(-c2nc(C3CNCCN3C)no2)c1.Cl. The Kier molecular flexibility index (Phi) is 5.70. The minimum atomic E-state index is -0.141. The van der Waals surface area contributed by atoms with E-state index in [1.807, 2.05) is 13.1 Å². The number of aromatic nitrogens is 2. The van der Waals surface area contributed by atoms with E-state index in [0.717, 1.165) is 25.2 Å². The van der Waals surface area contributed by atoms with Gasteiger partial charge in [-0.3, -0.25) is 9.69 Å². The van der Waals surface area contributed by atoms with Gasteiger partial charge >= 0.3 is 0 Å². The van der Waals surface area contributed by atoms with Gasteiger partial charge in [-0.25, -0.2) is 0 Å². The molecule has 0 bridgehead atoms. The summed E-state index contributed by atoms with van der Waals surface area (Å²) in [7, 11) is 3.65. The summed E-state index contributed by atoms with van der Waals surface area (Å²) in [6.45, 7) is 2.71. The van der Waals surface area contributed by atoms with Crippen LogP contribution in [-0.4, -0.2) is 54.7 Å². The molecule has 0 radical (unpaired) electrons. The van der Waals surface area contributed by atoms with Crippen molar-refractivity contribution in [3.05, 3.63) is 35.7 Å². The molecule has 1 amide bonds. The molecule has 0 saturated carbocycles. The van der Waals surface area contributed by atoms with Gasteiger partial charge in [0.1, 0.15) is 0 Å². The lowest BCUT2D eigenvalue weighted by Crippen LogP contribution is -2.44. The summed E-state index contributed by atoms with van der Waals surface area (Å²) in [5.74, 6) is 0.951. The number of benzene rings is 1. The molecule has 23 heavy (non-hydrogen) atoms. The topological polar surface area (TPSA) is 83.3 Å². The van der Waals surface area contributed by atoms with Crippen LogP contribution in [-0.2, 0) is 0 Å². The maximum atomic E-state index is 11.7. The number of amides is 1. The van der Waals surface area contributed by atoms with Crippen molar-refractivity contribution in [3.8, 4) is 11.5 Å². The Morgan fingerprint density at radius 2 is 2.30 bits per heavy atom. The molecule has 2 aromatic rings. The predicted octanol–water partition coefficient (Wildman–Crippen LogP) is 1.09. The Hall–Kier alpha value is -1.96. The van der Waals surface area contributed by atoms with Crippen LogP contribution in [0.4, 0.5) is 0 Å². The molecule has 1 aliphatic heterocycles. The number of hydrogen-bond acceptors (Lipinski definition) is 6. The molecule has 1 atom stereocenters. The van der Waals surface area contributed by atoms with E-state index >= 15 is 0 Å². The molecule has 0 aliphatic carbocycles. The van der Waals surface area contributed by atoms with Crippen LogP contribution >= 0.6 is 12.4 Å². The predicted molar refractivity (Wildman–Crippen MR) is 88.6 cm³/mol. The maximum Gasteiger partial charge on any atom is 0.258 e. The zero-order chi connectivity index (χ0) is 15.5. The van der Waals surface area contributed by atoms with Gasteiger partial charge in [0.15, 0.2) is 5.82 Å². The second-order valence-corrected chi connectivity index (χ2v) is 5.32. The Morgan fingerprint density at radius 1 is 1.48 bits per heavy atom. The standard InChI is InChI=1S/C15H19N5O2.ClH/c1-16-14(21)10-4-3-5-11(8-10)15-18-13(19-22-15)12-9-17-6-7-20(12)2;/h3-5,8,12,17H,6-7,9H2,1-2H3,(H,16,21);1H. The molecule has 8 heteroatoms. The molecule has 1 saturated heterocycles. The molecule has 3 rings (SSSR count). The average Bonchev–Trinajstić information content (AvgIpc) is 3.04. The lowest BCUT2D eigenvalue weighted by Gasteiger charge is -2.30. The highest BCUT2D eigenvalue weighted by Crippen LogP contribution is 2.23. The summed E-state index contributed by atoms with van der Waals surface area (Å²) in [5, 5.41) is 10.0. The van der Waals surface area contributed by atoms with Crippen LogP contribution < -0.4 is 10.6 Å². The molecule has 1 unspecified atom stereocenters. The third kappa shape index (κ3) is 3.69. The summed E-state index contributed by atoms with van der Waals surface area (Å²) < 4.78 is 5.37. The number of hydrogen-bond donors (Lipinski definition) is 2. The first-order chi connectivity index (χ1) is 10.7. The number of nitrogens with zero attached hydrogens (tertiary/aromatic N) is 3. The fraction of sp³-hybridized carbons (Fsp3) is 0.400. The first kappa shape index (κ1) is 17.4. The van der Waals surface area contributed by atoms with Gasteiger partial charge in [0.25, 0.3) is 11.8 Å². The van der Waals surface area contributed by atoms with Crippen LogP contribution in [0.15, 0.2) is 28.8 Å². The van der Waals surface area contributed by atoms with Crippen molar-refractivity contribution in [1.29, 1.82) is 0 Å². The Morgan fingerprint density at radius 3 is 3.04 bits per heavy atom. The number of nitrogens with one attached hydrogen (secondary N) is 2. The van der Waals surface area contributed by atoms with Gasteiger partial charge < -0.3 is 15.2 Å². The van der Waals surface area contributed by atoms with Crippen molar-refractivity contribution in [2.24, 2.45) is 0 Å². The molecule has 1 aliphatic rings. The highest BCUT2D eigenvalue weighted by atomic mass is 35.5. The lowest BCUT2D eigenvalue weighted by molar-refractivity contribution is 0.0963. The van der Waals surface area contributed by atoms with Crippen LogP contribution in [0.2, 0.25) is 0 Å². The van der Waals surface area contributed by atoms with Crippen molar-refractivity contribution in [2.75, 3.05) is 33.7 Å². The molecular formula is C15H20ClN5O2. The highest BCUT2D eigenvalue weighted by molar-refractivity contribution is 5.94. The maximum absolute atomic E-state index is 11.7. The van der Waals surface area contributed by atoms with Crippen molar-refractivity contribution < 1.29 is 9.32 Å². The van der Waals surface area contributed by atoms with Gasteiger partial charge in [0, 0.05) is 37.8 Å². The summed E-state index contributed by atoms with van der Waals surface area (Å²) >= 11 is 0. The zero-order valence-electron chi connectivity index (χ0n) is 13.1. The number of piperazine rings is 1. The quantitative estimate of drug-likeness (QED) is 0.872. The van der Waals surface area contributed by atoms with Crippen LogP contribution in [0.1, 0.15) is 22.2 Å². The molecule has 1 fully saturated rings. The zero-order valence-corrected chi connectivity index (χ0v) is 13.9. The molecule has 1 aromatic heterocycles. The van der Waals surface area contributed by atoms with Crippen LogP contribution in [0, 0.1) is 0 Å². The molecule has 2 heterocycles. The third-order valence-electron chi connectivity index (χ3n) is 3.85. The van der Waals surface area contributed by atoms with E-state index < -0.39 is 0 Å². The van der Waals surface area contributed by atoms with Gasteiger partial charge in [-0.2, -0.15) is 4.98 Å². The van der Waals surface area contributed by atoms with E-state index in [-0.39, 0.29) is 24.4 Å². The number of likely N-dealkylation sites (N-methyl/N-ethyl adjacent to an activating group) is 1. The van der Waals surface area contributed by atoms with E-state index in [0.29, 0.717) is 17.3 Å². The minimum absolute atomic E-state index is 0. The number of rotatable bonds is 3. The van der Waals surface area contributed by atoms with Crippen molar-refractivity contribution in [2.45, 2.75) is 6.04 Å². The molecule has 0 spiro atoms. The number of carbonyl (C=O) groups excluding carboxylic acids is 1. The minimum Gasteiger partial charge on any atom is -0.355 e. The summed E-state index contributed by atoms with van der Waals surface area (Å²) in [5.41, 5.74) is 1.31. The molecule has 1 aromatic carbocycles. The lowest BCUT2D eigenvalue weighted by atomic mass is 10.1. The van der Waals surface area contributed by atoms with E-state index in [9.17, 15) is 4.79 Å². The van der Waals surface area contributed by atoms with Gasteiger partial charge in [0.2, 0.25) is 0 Å². The van der Waals surface area contributed by atoms with Crippen molar-refractivity contribution >= 4 is 18.3 Å². The fourth-order valence-corrected chi connectivity index (χ4v) is 2.52. The highest BCUT2D eigenvalue weighted by Gasteiger charge is 2.25. The largest absolute Gasteiger partial charge is 0.355 e. The molecule has 2 N–H and O–H groups in total. The summed E-state index contributed by atoms with van der Waals surface area (Å²) in [4.78, 5) is 18.4. The van der Waals surface area contributed by atoms with E-state index in [4.69, 9.17) is 4.52 Å². The van der Waals surface area contributed by atoms with E-state index in [1.54, 1.807) is 25.2 Å². The van der Waals surface area contributed by atoms with Gasteiger partial charge in [-0.1, -0.05) is 11.2 Å². The monoisotopic (exact) mass is 337 g/mol. The van der Waals surface area contributed by atoms with Gasteiger partial charge in [0.05, 0.1) is 6.04 Å². The molecule has 7 nitrogen and oxygen atoms in total. The van der Waals surface area contributed by atoms with E-state index in [1.165, 1.54) is 0 Å². The third-order valence-corrected chi connectivity index (χ3v) is 3.85. The van der Waals surface area contributed by atoms with Crippen molar-refractivity contribution in [3.63, 3.8) is 0 Å². The van der Waals surface area contributed by atoms with Crippen LogP contribution in [0.25, 0.3) is 11.5 Å². The van der Waals surface area contributed by atoms with Gasteiger partial charge in [-0.05, 0) is 25.2 Å². The molecule has 124 valence electrons. The number of halogens is 1. The summed E-state index contributed by atoms with van der Waals surface area (Å²) in [6, 6.07) is 7.26. The normalized spacial score (nSPS) is 18.3. The second kappa shape index (κ2) is 7.54.